The van der Waals surface area contributed by atoms with E-state index in [2.05, 4.69) is 15.3 Å². The molecule has 1 aliphatic heterocycles. The number of ether oxygens (including phenoxy) is 5. The number of nitrogens with one attached hydrogen (secondary N) is 1. The number of hydrogen-bond donors (Lipinski definition) is 1. The summed E-state index contributed by atoms with van der Waals surface area (Å²) in [4.78, 5) is 12.0. The van der Waals surface area contributed by atoms with E-state index < -0.39 is 0 Å². The quantitative estimate of drug-likeness (QED) is 0.266. The summed E-state index contributed by atoms with van der Waals surface area (Å²) in [6, 6.07) is 9.36. The summed E-state index contributed by atoms with van der Waals surface area (Å²) >= 11 is 6.39. The molecule has 0 unspecified atom stereocenters. The molecule has 40 heavy (non-hydrogen) atoms. The molecule has 1 aliphatic rings. The van der Waals surface area contributed by atoms with E-state index in [4.69, 9.17) is 45.3 Å². The van der Waals surface area contributed by atoms with Crippen LogP contribution in [-0.2, 0) is 18.3 Å². The van der Waals surface area contributed by atoms with E-state index in [0.717, 1.165) is 36.1 Å². The molecule has 0 spiro atoms. The largest absolute Gasteiger partial charge is 0.495 e. The number of benzene rings is 2. The molecular formula is C28H33ClN6O5. The third-order valence-corrected chi connectivity index (χ3v) is 7.12. The Balaban J connectivity index is 1.56. The topological polar surface area (TPSA) is 105 Å². The van der Waals surface area contributed by atoms with E-state index in [0.29, 0.717) is 58.5 Å². The van der Waals surface area contributed by atoms with Crippen LogP contribution in [0.3, 0.4) is 0 Å². The van der Waals surface area contributed by atoms with E-state index in [1.54, 1.807) is 51.5 Å². The van der Waals surface area contributed by atoms with E-state index in [9.17, 15) is 0 Å². The zero-order valence-electron chi connectivity index (χ0n) is 23.2. The minimum absolute atomic E-state index is 0.0599. The van der Waals surface area contributed by atoms with Gasteiger partial charge in [-0.3, -0.25) is 4.68 Å². The fourth-order valence-electron chi connectivity index (χ4n) is 4.83. The lowest BCUT2D eigenvalue weighted by Crippen LogP contribution is -2.33. The zero-order chi connectivity index (χ0) is 28.2. The molecular weight excluding hydrogens is 536 g/mol. The number of halogens is 1. The van der Waals surface area contributed by atoms with Crippen LogP contribution in [0.4, 0.5) is 17.5 Å². The lowest BCUT2D eigenvalue weighted by Gasteiger charge is -2.27. The predicted octanol–water partition coefficient (Wildman–Crippen LogP) is 4.98. The maximum absolute atomic E-state index is 6.39. The third kappa shape index (κ3) is 5.66. The first-order chi connectivity index (χ1) is 19.4. The Morgan fingerprint density at radius 2 is 1.77 bits per heavy atom. The second kappa shape index (κ2) is 12.1. The Morgan fingerprint density at radius 3 is 2.40 bits per heavy atom. The molecule has 0 bridgehead atoms. The predicted molar refractivity (Wildman–Crippen MR) is 154 cm³/mol. The van der Waals surface area contributed by atoms with Crippen molar-refractivity contribution < 1.29 is 23.7 Å². The van der Waals surface area contributed by atoms with Crippen molar-refractivity contribution in [2.45, 2.75) is 25.5 Å². The molecule has 12 heteroatoms. The van der Waals surface area contributed by atoms with Crippen LogP contribution in [0.2, 0.25) is 5.02 Å². The van der Waals surface area contributed by atoms with E-state index in [1.165, 1.54) is 0 Å². The maximum Gasteiger partial charge on any atom is 0.229 e. The average Bonchev–Trinajstić information content (AvgIpc) is 3.62. The van der Waals surface area contributed by atoms with Gasteiger partial charge in [-0.2, -0.15) is 15.1 Å². The Kier molecular flexibility index (Phi) is 8.32. The summed E-state index contributed by atoms with van der Waals surface area (Å²) in [5.74, 6) is 3.43. The molecule has 212 valence electrons. The standard InChI is InChI=1S/C28H33ClN6O5/c1-34-27-20(14-30-34)26(31-18-8-9-22(36-2)21(29)13-18)32-28(33-27)35(16-19-7-6-10-40-19)15-17-11-23(37-3)25(39-5)24(12-17)38-4/h8-9,11-14,19H,6-7,10,15-16H2,1-5H3,(H,31,32,33)/t19-/m0/s1. The minimum atomic E-state index is 0.0599. The van der Waals surface area contributed by atoms with Gasteiger partial charge in [0, 0.05) is 32.4 Å². The minimum Gasteiger partial charge on any atom is -0.495 e. The number of aryl methyl sites for hydroxylation is 1. The van der Waals surface area contributed by atoms with E-state index >= 15 is 0 Å². The molecule has 4 aromatic rings. The van der Waals surface area contributed by atoms with Crippen molar-refractivity contribution in [3.8, 4) is 23.0 Å². The van der Waals surface area contributed by atoms with Crippen LogP contribution < -0.4 is 29.2 Å². The van der Waals surface area contributed by atoms with Crippen molar-refractivity contribution in [1.82, 2.24) is 19.7 Å². The summed E-state index contributed by atoms with van der Waals surface area (Å²) in [5.41, 5.74) is 2.39. The van der Waals surface area contributed by atoms with Gasteiger partial charge in [0.25, 0.3) is 0 Å². The maximum atomic E-state index is 6.39. The highest BCUT2D eigenvalue weighted by Crippen LogP contribution is 2.39. The van der Waals surface area contributed by atoms with Crippen molar-refractivity contribution in [1.29, 1.82) is 0 Å². The number of aromatic nitrogens is 4. The second-order valence-corrected chi connectivity index (χ2v) is 9.81. The van der Waals surface area contributed by atoms with Crippen LogP contribution in [0.15, 0.2) is 36.5 Å². The Labute approximate surface area is 237 Å². The summed E-state index contributed by atoms with van der Waals surface area (Å²) in [7, 11) is 8.24. The second-order valence-electron chi connectivity index (χ2n) is 9.40. The first-order valence-corrected chi connectivity index (χ1v) is 13.3. The SMILES string of the molecule is COc1ccc(Nc2nc(N(Cc3cc(OC)c(OC)c(OC)c3)C[C@@H]3CCCO3)nc3c2cnn3C)cc1Cl. The molecule has 11 nitrogen and oxygen atoms in total. The van der Waals surface area contributed by atoms with Gasteiger partial charge >= 0.3 is 0 Å². The van der Waals surface area contributed by atoms with E-state index in [1.807, 2.05) is 25.2 Å². The Morgan fingerprint density at radius 1 is 1.02 bits per heavy atom. The summed E-state index contributed by atoms with van der Waals surface area (Å²) < 4.78 is 29.7. The lowest BCUT2D eigenvalue weighted by atomic mass is 10.1. The molecule has 3 heterocycles. The Hall–Kier alpha value is -3.96. The van der Waals surface area contributed by atoms with Crippen LogP contribution in [0.25, 0.3) is 11.0 Å². The number of nitrogens with zero attached hydrogens (tertiary/aromatic N) is 5. The summed E-state index contributed by atoms with van der Waals surface area (Å²) in [5, 5.41) is 9.10. The van der Waals surface area contributed by atoms with Gasteiger partial charge < -0.3 is 33.9 Å². The molecule has 2 aromatic carbocycles. The number of anilines is 3. The van der Waals surface area contributed by atoms with Crippen LogP contribution in [-0.4, -0.2) is 67.4 Å². The zero-order valence-corrected chi connectivity index (χ0v) is 24.0. The van der Waals surface area contributed by atoms with Gasteiger partial charge in [-0.1, -0.05) is 11.6 Å². The first kappa shape index (κ1) is 27.6. The van der Waals surface area contributed by atoms with Crippen molar-refractivity contribution in [2.24, 2.45) is 7.05 Å². The van der Waals surface area contributed by atoms with Gasteiger partial charge in [-0.05, 0) is 48.7 Å². The number of methoxy groups -OCH3 is 4. The number of fused-ring (bicyclic) bond motifs is 1. The number of hydrogen-bond acceptors (Lipinski definition) is 10. The highest BCUT2D eigenvalue weighted by molar-refractivity contribution is 6.32. The molecule has 2 aromatic heterocycles. The molecule has 0 saturated carbocycles. The fraction of sp³-hybridized carbons (Fsp3) is 0.393. The van der Waals surface area contributed by atoms with Gasteiger partial charge in [0.1, 0.15) is 11.6 Å². The van der Waals surface area contributed by atoms with Gasteiger partial charge in [0.2, 0.25) is 11.7 Å². The third-order valence-electron chi connectivity index (χ3n) is 6.82. The van der Waals surface area contributed by atoms with Crippen LogP contribution >= 0.6 is 11.6 Å². The van der Waals surface area contributed by atoms with Crippen molar-refractivity contribution >= 4 is 40.1 Å². The van der Waals surface area contributed by atoms with Gasteiger partial charge in [-0.15, -0.1) is 0 Å². The van der Waals surface area contributed by atoms with E-state index in [-0.39, 0.29) is 6.10 Å². The molecule has 1 N–H and O–H groups in total. The smallest absolute Gasteiger partial charge is 0.229 e. The molecule has 1 fully saturated rings. The highest BCUT2D eigenvalue weighted by atomic mass is 35.5. The van der Waals surface area contributed by atoms with Crippen molar-refractivity contribution in [3.63, 3.8) is 0 Å². The Bertz CT molecular complexity index is 1460. The van der Waals surface area contributed by atoms with Gasteiger partial charge in [0.15, 0.2) is 17.1 Å². The molecule has 0 radical (unpaired) electrons. The fourth-order valence-corrected chi connectivity index (χ4v) is 5.08. The molecule has 5 rings (SSSR count). The first-order valence-electron chi connectivity index (χ1n) is 12.9. The molecule has 0 amide bonds. The van der Waals surface area contributed by atoms with Crippen molar-refractivity contribution in [2.75, 3.05) is 51.8 Å². The van der Waals surface area contributed by atoms with Gasteiger partial charge in [0.05, 0.1) is 51.1 Å². The van der Waals surface area contributed by atoms with Crippen molar-refractivity contribution in [3.05, 3.63) is 47.1 Å². The average molecular weight is 569 g/mol. The monoisotopic (exact) mass is 568 g/mol. The van der Waals surface area contributed by atoms with Gasteiger partial charge in [-0.25, -0.2) is 0 Å². The van der Waals surface area contributed by atoms with Crippen LogP contribution in [0, 0.1) is 0 Å². The molecule has 1 saturated heterocycles. The van der Waals surface area contributed by atoms with Crippen LogP contribution in [0.5, 0.6) is 23.0 Å². The molecule has 1 atom stereocenters. The summed E-state index contributed by atoms with van der Waals surface area (Å²) in [6.45, 7) is 1.83. The lowest BCUT2D eigenvalue weighted by molar-refractivity contribution is 0.115. The summed E-state index contributed by atoms with van der Waals surface area (Å²) in [6.07, 6.45) is 3.80. The van der Waals surface area contributed by atoms with Crippen LogP contribution in [0.1, 0.15) is 18.4 Å². The molecule has 0 aliphatic carbocycles. The number of rotatable bonds is 11. The highest BCUT2D eigenvalue weighted by Gasteiger charge is 2.24. The normalized spacial score (nSPS) is 14.8.